The van der Waals surface area contributed by atoms with Crippen LogP contribution in [0.5, 0.6) is 0 Å². The van der Waals surface area contributed by atoms with Crippen molar-refractivity contribution < 1.29 is 27.9 Å². The SMILES string of the molecule is CCCCN(Cc1ccc(C(=O)Nc2ccccc2NC(=O)OC(C)(C)C)nc1)C(=O)Nc1ccc(F)c(F)c1. The highest BCUT2D eigenvalue weighted by molar-refractivity contribution is 6.05. The number of halogens is 2. The van der Waals surface area contributed by atoms with Crippen molar-refractivity contribution in [2.75, 3.05) is 22.5 Å². The van der Waals surface area contributed by atoms with Crippen LogP contribution in [0.4, 0.5) is 35.4 Å². The molecule has 0 spiro atoms. The van der Waals surface area contributed by atoms with Crippen LogP contribution in [-0.2, 0) is 11.3 Å². The van der Waals surface area contributed by atoms with Crippen molar-refractivity contribution in [1.82, 2.24) is 9.88 Å². The summed E-state index contributed by atoms with van der Waals surface area (Å²) in [5.41, 5.74) is 0.975. The minimum Gasteiger partial charge on any atom is -0.444 e. The first kappa shape index (κ1) is 30.0. The van der Waals surface area contributed by atoms with Gasteiger partial charge < -0.3 is 20.3 Å². The minimum absolute atomic E-state index is 0.127. The number of benzene rings is 2. The number of unbranched alkanes of at least 4 members (excludes halogenated alkanes) is 1. The summed E-state index contributed by atoms with van der Waals surface area (Å²) in [6.45, 7) is 7.84. The lowest BCUT2D eigenvalue weighted by molar-refractivity contribution is 0.0635. The molecule has 0 aliphatic heterocycles. The number of carbonyl (C=O) groups excluding carboxylic acids is 3. The molecule has 4 amide bonds. The summed E-state index contributed by atoms with van der Waals surface area (Å²) in [6, 6.07) is 12.6. The predicted octanol–water partition coefficient (Wildman–Crippen LogP) is 6.79. The van der Waals surface area contributed by atoms with Crippen LogP contribution in [0.3, 0.4) is 0 Å². The van der Waals surface area contributed by atoms with Crippen LogP contribution in [0.1, 0.15) is 56.6 Å². The second kappa shape index (κ2) is 13.5. The molecule has 0 saturated heterocycles. The molecule has 3 N–H and O–H groups in total. The quantitative estimate of drug-likeness (QED) is 0.270. The molecule has 1 aromatic heterocycles. The van der Waals surface area contributed by atoms with Crippen molar-refractivity contribution in [3.63, 3.8) is 0 Å². The lowest BCUT2D eigenvalue weighted by Crippen LogP contribution is -2.35. The number of amides is 4. The van der Waals surface area contributed by atoms with E-state index in [-0.39, 0.29) is 17.9 Å². The maximum absolute atomic E-state index is 13.6. The Balaban J connectivity index is 1.66. The van der Waals surface area contributed by atoms with Crippen LogP contribution in [0.2, 0.25) is 0 Å². The third-order valence-corrected chi connectivity index (χ3v) is 5.48. The summed E-state index contributed by atoms with van der Waals surface area (Å²) in [4.78, 5) is 43.7. The number of carbonyl (C=O) groups is 3. The molecule has 1 heterocycles. The normalized spacial score (nSPS) is 10.9. The van der Waals surface area contributed by atoms with E-state index in [0.717, 1.165) is 25.0 Å². The summed E-state index contributed by atoms with van der Waals surface area (Å²) in [5.74, 6) is -2.55. The van der Waals surface area contributed by atoms with E-state index < -0.39 is 35.3 Å². The average molecular weight is 554 g/mol. The molecule has 0 atom stereocenters. The number of ether oxygens (including phenoxy) is 1. The van der Waals surface area contributed by atoms with Gasteiger partial charge in [0.05, 0.1) is 11.4 Å². The van der Waals surface area contributed by atoms with Crippen molar-refractivity contribution in [1.29, 1.82) is 0 Å². The van der Waals surface area contributed by atoms with E-state index in [4.69, 9.17) is 4.74 Å². The number of aromatic nitrogens is 1. The Hall–Kier alpha value is -4.54. The van der Waals surface area contributed by atoms with Crippen molar-refractivity contribution >= 4 is 35.1 Å². The lowest BCUT2D eigenvalue weighted by atomic mass is 10.2. The van der Waals surface area contributed by atoms with Crippen LogP contribution in [0, 0.1) is 11.6 Å². The minimum atomic E-state index is -1.06. The van der Waals surface area contributed by atoms with Crippen molar-refractivity contribution in [3.05, 3.63) is 83.7 Å². The van der Waals surface area contributed by atoms with Gasteiger partial charge in [0.1, 0.15) is 11.3 Å². The summed E-state index contributed by atoms with van der Waals surface area (Å²) >= 11 is 0. The zero-order valence-electron chi connectivity index (χ0n) is 22.9. The molecule has 3 rings (SSSR count). The van der Waals surface area contributed by atoms with Gasteiger partial charge in [0.15, 0.2) is 11.6 Å². The first-order valence-corrected chi connectivity index (χ1v) is 12.8. The van der Waals surface area contributed by atoms with Crippen LogP contribution in [0.15, 0.2) is 60.8 Å². The van der Waals surface area contributed by atoms with E-state index in [9.17, 15) is 23.2 Å². The van der Waals surface area contributed by atoms with Crippen LogP contribution in [-0.4, -0.2) is 40.1 Å². The third-order valence-electron chi connectivity index (χ3n) is 5.48. The van der Waals surface area contributed by atoms with E-state index >= 15 is 0 Å². The monoisotopic (exact) mass is 553 g/mol. The van der Waals surface area contributed by atoms with Gasteiger partial charge in [-0.2, -0.15) is 0 Å². The Morgan fingerprint density at radius 3 is 2.23 bits per heavy atom. The molecule has 0 unspecified atom stereocenters. The molecule has 0 fully saturated rings. The average Bonchev–Trinajstić information content (AvgIpc) is 2.89. The molecule has 9 nitrogen and oxygen atoms in total. The van der Waals surface area contributed by atoms with Crippen molar-refractivity contribution in [3.8, 4) is 0 Å². The van der Waals surface area contributed by atoms with Crippen LogP contribution >= 0.6 is 0 Å². The highest BCUT2D eigenvalue weighted by atomic mass is 19.2. The lowest BCUT2D eigenvalue weighted by Gasteiger charge is -2.23. The van der Waals surface area contributed by atoms with Crippen molar-refractivity contribution in [2.45, 2.75) is 52.7 Å². The second-order valence-electron chi connectivity index (χ2n) is 10.0. The fraction of sp³-hybridized carbons (Fsp3) is 0.310. The number of anilines is 3. The highest BCUT2D eigenvalue weighted by Gasteiger charge is 2.19. The summed E-state index contributed by atoms with van der Waals surface area (Å²) in [6.07, 6.45) is 2.41. The van der Waals surface area contributed by atoms with Gasteiger partial charge in [-0.15, -0.1) is 0 Å². The Kier molecular flexibility index (Phi) is 10.1. The second-order valence-corrected chi connectivity index (χ2v) is 10.0. The van der Waals surface area contributed by atoms with Crippen LogP contribution < -0.4 is 16.0 Å². The van der Waals surface area contributed by atoms with Gasteiger partial charge in [-0.1, -0.05) is 31.5 Å². The maximum Gasteiger partial charge on any atom is 0.412 e. The standard InChI is InChI=1S/C29H33F2N5O4/c1-5-6-15-36(27(38)33-20-12-13-21(30)22(31)16-20)18-19-11-14-25(32-17-19)26(37)34-23-9-7-8-10-24(23)35-28(39)40-29(2,3)4/h7-14,16-17H,5-6,15,18H2,1-4H3,(H,33,38)(H,34,37)(H,35,39). The fourth-order valence-corrected chi connectivity index (χ4v) is 3.55. The van der Waals surface area contributed by atoms with Gasteiger partial charge in [-0.05, 0) is 63.1 Å². The number of urea groups is 1. The maximum atomic E-state index is 13.6. The largest absolute Gasteiger partial charge is 0.444 e. The summed E-state index contributed by atoms with van der Waals surface area (Å²) < 4.78 is 32.1. The molecule has 0 aliphatic carbocycles. The molecule has 40 heavy (non-hydrogen) atoms. The molecule has 0 bridgehead atoms. The highest BCUT2D eigenvalue weighted by Crippen LogP contribution is 2.23. The molecule has 2 aromatic carbocycles. The number of nitrogens with one attached hydrogen (secondary N) is 3. The summed E-state index contributed by atoms with van der Waals surface area (Å²) in [5, 5.41) is 7.94. The van der Waals surface area contributed by atoms with Gasteiger partial charge in [0.25, 0.3) is 5.91 Å². The smallest absolute Gasteiger partial charge is 0.412 e. The van der Waals surface area contributed by atoms with Gasteiger partial charge in [0.2, 0.25) is 0 Å². The van der Waals surface area contributed by atoms with E-state index in [0.29, 0.717) is 23.5 Å². The molecule has 0 saturated carbocycles. The van der Waals surface area contributed by atoms with Gasteiger partial charge in [-0.3, -0.25) is 15.1 Å². The number of hydrogen-bond acceptors (Lipinski definition) is 5. The molecular weight excluding hydrogens is 520 g/mol. The predicted molar refractivity (Wildman–Crippen MR) is 149 cm³/mol. The van der Waals surface area contributed by atoms with E-state index in [1.165, 1.54) is 23.2 Å². The zero-order valence-corrected chi connectivity index (χ0v) is 22.9. The number of para-hydroxylation sites is 2. The number of hydrogen-bond donors (Lipinski definition) is 3. The third kappa shape index (κ3) is 9.04. The fourth-order valence-electron chi connectivity index (χ4n) is 3.55. The Morgan fingerprint density at radius 2 is 1.62 bits per heavy atom. The molecule has 0 radical (unpaired) electrons. The van der Waals surface area contributed by atoms with Crippen LogP contribution in [0.25, 0.3) is 0 Å². The van der Waals surface area contributed by atoms with E-state index in [1.54, 1.807) is 51.1 Å². The molecular formula is C29H33F2N5O4. The van der Waals surface area contributed by atoms with E-state index in [2.05, 4.69) is 20.9 Å². The molecule has 0 aliphatic rings. The number of pyridine rings is 1. The first-order chi connectivity index (χ1) is 18.9. The molecule has 11 heteroatoms. The Labute approximate surface area is 231 Å². The summed E-state index contributed by atoms with van der Waals surface area (Å²) in [7, 11) is 0. The van der Waals surface area contributed by atoms with Crippen molar-refractivity contribution in [2.24, 2.45) is 0 Å². The number of rotatable bonds is 9. The Bertz CT molecular complexity index is 1340. The zero-order chi connectivity index (χ0) is 29.3. The first-order valence-electron chi connectivity index (χ1n) is 12.8. The van der Waals surface area contributed by atoms with E-state index in [1.807, 2.05) is 6.92 Å². The topological polar surface area (TPSA) is 113 Å². The van der Waals surface area contributed by atoms with Gasteiger partial charge >= 0.3 is 12.1 Å². The van der Waals surface area contributed by atoms with Gasteiger partial charge in [-0.25, -0.2) is 18.4 Å². The number of nitrogens with zero attached hydrogens (tertiary/aromatic N) is 2. The van der Waals surface area contributed by atoms with Gasteiger partial charge in [0, 0.05) is 31.0 Å². The molecule has 212 valence electrons. The molecule has 3 aromatic rings. The Morgan fingerprint density at radius 1 is 0.925 bits per heavy atom.